The molecular weight excluding hydrogens is 200 g/mol. The largest absolute Gasteiger partial charge is 0.368 e. The van der Waals surface area contributed by atoms with Gasteiger partial charge in [-0.1, -0.05) is 0 Å². The van der Waals surface area contributed by atoms with Crippen LogP contribution in [0.25, 0.3) is 0 Å². The minimum absolute atomic E-state index is 0.399. The van der Waals surface area contributed by atoms with Crippen LogP contribution in [0, 0.1) is 5.92 Å². The van der Waals surface area contributed by atoms with E-state index in [9.17, 15) is 0 Å². The van der Waals surface area contributed by atoms with E-state index in [0.29, 0.717) is 12.0 Å². The topological polar surface area (TPSA) is 55.0 Å². The summed E-state index contributed by atoms with van der Waals surface area (Å²) in [4.78, 5) is 10.9. The Hall–Kier alpha value is -1.16. The van der Waals surface area contributed by atoms with Crippen LogP contribution >= 0.6 is 0 Å². The zero-order valence-electron chi connectivity index (χ0n) is 9.47. The second kappa shape index (κ2) is 4.01. The van der Waals surface area contributed by atoms with Crippen molar-refractivity contribution >= 4 is 5.95 Å². The molecule has 1 unspecified atom stereocenters. The molecule has 1 aromatic rings. The van der Waals surface area contributed by atoms with Crippen LogP contribution in [-0.4, -0.2) is 28.0 Å². The highest BCUT2D eigenvalue weighted by molar-refractivity contribution is 5.20. The number of nitrogen functional groups attached to an aromatic ring is 1. The molecule has 1 aliphatic heterocycles. The smallest absolute Gasteiger partial charge is 0.220 e. The summed E-state index contributed by atoms with van der Waals surface area (Å²) in [6, 6.07) is 2.48. The lowest BCUT2D eigenvalue weighted by Crippen LogP contribution is -2.26. The van der Waals surface area contributed by atoms with Crippen LogP contribution in [0.5, 0.6) is 0 Å². The lowest BCUT2D eigenvalue weighted by molar-refractivity contribution is 0.243. The van der Waals surface area contributed by atoms with Crippen molar-refractivity contribution in [1.82, 2.24) is 14.9 Å². The highest BCUT2D eigenvalue weighted by Crippen LogP contribution is 2.36. The third-order valence-corrected chi connectivity index (χ3v) is 3.59. The molecule has 1 saturated carbocycles. The number of hydrogen-bond donors (Lipinski definition) is 1. The van der Waals surface area contributed by atoms with E-state index in [4.69, 9.17) is 5.73 Å². The minimum Gasteiger partial charge on any atom is -0.368 e. The van der Waals surface area contributed by atoms with Gasteiger partial charge in [-0.3, -0.25) is 4.90 Å². The number of hydrogen-bond acceptors (Lipinski definition) is 4. The van der Waals surface area contributed by atoms with Crippen molar-refractivity contribution < 1.29 is 0 Å². The molecule has 4 heteroatoms. The molecule has 2 heterocycles. The molecule has 1 aromatic heterocycles. The minimum atomic E-state index is 0.399. The predicted molar refractivity (Wildman–Crippen MR) is 62.7 cm³/mol. The van der Waals surface area contributed by atoms with E-state index in [-0.39, 0.29) is 0 Å². The molecule has 0 bridgehead atoms. The van der Waals surface area contributed by atoms with Gasteiger partial charge in [-0.2, -0.15) is 0 Å². The van der Waals surface area contributed by atoms with Gasteiger partial charge in [0.05, 0.1) is 11.7 Å². The van der Waals surface area contributed by atoms with Crippen LogP contribution in [0.4, 0.5) is 5.95 Å². The molecule has 1 aliphatic carbocycles. The van der Waals surface area contributed by atoms with E-state index < -0.39 is 0 Å². The van der Waals surface area contributed by atoms with Crippen molar-refractivity contribution in [3.8, 4) is 0 Å². The van der Waals surface area contributed by atoms with E-state index >= 15 is 0 Å². The van der Waals surface area contributed by atoms with E-state index in [1.54, 1.807) is 6.20 Å². The Morgan fingerprint density at radius 1 is 1.38 bits per heavy atom. The van der Waals surface area contributed by atoms with Crippen molar-refractivity contribution in [1.29, 1.82) is 0 Å². The number of nitrogens with two attached hydrogens (primary N) is 1. The number of likely N-dealkylation sites (tertiary alicyclic amines) is 1. The number of rotatable bonds is 3. The summed E-state index contributed by atoms with van der Waals surface area (Å²) in [7, 11) is 0. The normalized spacial score (nSPS) is 26.1. The van der Waals surface area contributed by atoms with Gasteiger partial charge in [-0.25, -0.2) is 9.97 Å². The van der Waals surface area contributed by atoms with Gasteiger partial charge in [-0.05, 0) is 44.2 Å². The molecule has 0 spiro atoms. The van der Waals surface area contributed by atoms with E-state index in [1.807, 2.05) is 6.07 Å². The molecule has 0 radical (unpaired) electrons. The number of aromatic nitrogens is 2. The second-order valence-electron chi connectivity index (χ2n) is 4.94. The maximum atomic E-state index is 5.64. The van der Waals surface area contributed by atoms with Gasteiger partial charge < -0.3 is 5.73 Å². The monoisotopic (exact) mass is 218 g/mol. The Morgan fingerprint density at radius 3 is 3.00 bits per heavy atom. The fourth-order valence-electron chi connectivity index (χ4n) is 2.59. The molecule has 1 atom stereocenters. The summed E-state index contributed by atoms with van der Waals surface area (Å²) in [6.45, 7) is 2.46. The summed E-state index contributed by atoms with van der Waals surface area (Å²) in [5.74, 6) is 1.34. The Kier molecular flexibility index (Phi) is 2.52. The summed E-state index contributed by atoms with van der Waals surface area (Å²) < 4.78 is 0. The van der Waals surface area contributed by atoms with Crippen molar-refractivity contribution in [2.24, 2.45) is 5.92 Å². The zero-order valence-corrected chi connectivity index (χ0v) is 9.47. The predicted octanol–water partition coefficient (Wildman–Crippen LogP) is 1.61. The highest BCUT2D eigenvalue weighted by atomic mass is 15.2. The van der Waals surface area contributed by atoms with E-state index in [2.05, 4.69) is 14.9 Å². The van der Waals surface area contributed by atoms with Gasteiger partial charge in [0.2, 0.25) is 5.95 Å². The molecule has 1 saturated heterocycles. The van der Waals surface area contributed by atoms with Crippen molar-refractivity contribution in [2.75, 3.05) is 18.8 Å². The third-order valence-electron chi connectivity index (χ3n) is 3.59. The Bertz CT molecular complexity index is 375. The molecule has 16 heavy (non-hydrogen) atoms. The van der Waals surface area contributed by atoms with Gasteiger partial charge in [0.15, 0.2) is 0 Å². The summed E-state index contributed by atoms with van der Waals surface area (Å²) in [5.41, 5.74) is 6.75. The summed E-state index contributed by atoms with van der Waals surface area (Å²) in [5, 5.41) is 0. The summed E-state index contributed by atoms with van der Waals surface area (Å²) >= 11 is 0. The quantitative estimate of drug-likeness (QED) is 0.837. The second-order valence-corrected chi connectivity index (χ2v) is 4.94. The molecule has 0 aromatic carbocycles. The van der Waals surface area contributed by atoms with Crippen molar-refractivity contribution in [3.63, 3.8) is 0 Å². The van der Waals surface area contributed by atoms with Gasteiger partial charge >= 0.3 is 0 Å². The van der Waals surface area contributed by atoms with Crippen LogP contribution < -0.4 is 5.73 Å². The van der Waals surface area contributed by atoms with Gasteiger partial charge in [0.25, 0.3) is 0 Å². The van der Waals surface area contributed by atoms with Crippen LogP contribution in [0.1, 0.15) is 37.4 Å². The molecule has 3 rings (SSSR count). The molecule has 2 fully saturated rings. The molecule has 0 amide bonds. The first-order valence-corrected chi connectivity index (χ1v) is 6.15. The Balaban J connectivity index is 1.76. The average molecular weight is 218 g/mol. The van der Waals surface area contributed by atoms with Crippen LogP contribution in [0.2, 0.25) is 0 Å². The Morgan fingerprint density at radius 2 is 2.25 bits per heavy atom. The van der Waals surface area contributed by atoms with Crippen LogP contribution in [0.3, 0.4) is 0 Å². The van der Waals surface area contributed by atoms with Crippen LogP contribution in [0.15, 0.2) is 12.3 Å². The molecular formula is C12H18N4. The van der Waals surface area contributed by atoms with Crippen molar-refractivity contribution in [3.05, 3.63) is 18.0 Å². The zero-order chi connectivity index (χ0) is 11.0. The standard InChI is InChI=1S/C12H18N4/c13-12-14-6-5-10(15-12)11-2-1-7-16(11)8-9-3-4-9/h5-6,9,11H,1-4,7-8H2,(H2,13,14,15). The first-order valence-electron chi connectivity index (χ1n) is 6.15. The van der Waals surface area contributed by atoms with E-state index in [0.717, 1.165) is 11.6 Å². The summed E-state index contributed by atoms with van der Waals surface area (Å²) in [6.07, 6.45) is 7.08. The average Bonchev–Trinajstić information content (AvgIpc) is 2.95. The molecule has 86 valence electrons. The number of anilines is 1. The van der Waals surface area contributed by atoms with E-state index in [1.165, 1.54) is 38.8 Å². The lowest BCUT2D eigenvalue weighted by atomic mass is 10.1. The molecule has 4 nitrogen and oxygen atoms in total. The third kappa shape index (κ3) is 2.02. The SMILES string of the molecule is Nc1nccc(C2CCCN2CC2CC2)n1. The fourth-order valence-corrected chi connectivity index (χ4v) is 2.59. The lowest BCUT2D eigenvalue weighted by Gasteiger charge is -2.23. The van der Waals surface area contributed by atoms with Crippen molar-refractivity contribution in [2.45, 2.75) is 31.7 Å². The van der Waals surface area contributed by atoms with Gasteiger partial charge in [0.1, 0.15) is 0 Å². The maximum Gasteiger partial charge on any atom is 0.220 e. The fraction of sp³-hybridized carbons (Fsp3) is 0.667. The first-order chi connectivity index (χ1) is 7.83. The Labute approximate surface area is 95.9 Å². The maximum absolute atomic E-state index is 5.64. The van der Waals surface area contributed by atoms with Gasteiger partial charge in [0, 0.05) is 12.7 Å². The molecule has 2 aliphatic rings. The first kappa shape index (κ1) is 10.0. The highest BCUT2D eigenvalue weighted by Gasteiger charge is 2.32. The van der Waals surface area contributed by atoms with Crippen LogP contribution in [-0.2, 0) is 0 Å². The van der Waals surface area contributed by atoms with Gasteiger partial charge in [-0.15, -0.1) is 0 Å². The molecule has 2 N–H and O–H groups in total. The number of nitrogens with zero attached hydrogens (tertiary/aromatic N) is 3.